The molecule has 0 aromatic heterocycles. The Labute approximate surface area is 143 Å². The lowest BCUT2D eigenvalue weighted by atomic mass is 9.95. The number of hydrogen-bond acceptors (Lipinski definition) is 3. The summed E-state index contributed by atoms with van der Waals surface area (Å²) in [5.41, 5.74) is 7.05. The van der Waals surface area contributed by atoms with Crippen LogP contribution in [0, 0.1) is 5.92 Å². The summed E-state index contributed by atoms with van der Waals surface area (Å²) in [7, 11) is 0. The van der Waals surface area contributed by atoms with Gasteiger partial charge in [0.05, 0.1) is 5.92 Å². The molecule has 1 aromatic rings. The second-order valence-electron chi connectivity index (χ2n) is 6.73. The number of nitrogens with zero attached hydrogens (tertiary/aromatic N) is 1. The number of carbonyl (C=O) groups is 2. The maximum atomic E-state index is 12.6. The van der Waals surface area contributed by atoms with E-state index in [1.54, 1.807) is 4.90 Å². The Morgan fingerprint density at radius 3 is 2.58 bits per heavy atom. The highest BCUT2D eigenvalue weighted by Gasteiger charge is 2.26. The zero-order valence-electron chi connectivity index (χ0n) is 14.2. The predicted octanol–water partition coefficient (Wildman–Crippen LogP) is 2.44. The van der Waals surface area contributed by atoms with Gasteiger partial charge in [-0.2, -0.15) is 0 Å². The van der Waals surface area contributed by atoms with Crippen LogP contribution in [0.4, 0.5) is 0 Å². The third-order valence-corrected chi connectivity index (χ3v) is 4.66. The lowest BCUT2D eigenvalue weighted by molar-refractivity contribution is -0.146. The summed E-state index contributed by atoms with van der Waals surface area (Å²) in [6.07, 6.45) is 5.67. The van der Waals surface area contributed by atoms with Crippen molar-refractivity contribution in [2.75, 3.05) is 13.1 Å². The van der Waals surface area contributed by atoms with E-state index < -0.39 is 11.9 Å². The number of hydrogen-bond donors (Lipinski definition) is 2. The van der Waals surface area contributed by atoms with Gasteiger partial charge in [0.1, 0.15) is 0 Å². The highest BCUT2D eigenvalue weighted by molar-refractivity contribution is 5.82. The number of benzene rings is 1. The first kappa shape index (κ1) is 18.5. The lowest BCUT2D eigenvalue weighted by Gasteiger charge is -2.26. The summed E-state index contributed by atoms with van der Waals surface area (Å²) in [6, 6.07) is 9.46. The van der Waals surface area contributed by atoms with Gasteiger partial charge >= 0.3 is 5.97 Å². The smallest absolute Gasteiger partial charge is 0.307 e. The van der Waals surface area contributed by atoms with Crippen LogP contribution < -0.4 is 5.73 Å². The molecule has 1 aromatic carbocycles. The molecule has 1 saturated heterocycles. The Kier molecular flexibility index (Phi) is 7.25. The van der Waals surface area contributed by atoms with Gasteiger partial charge in [-0.25, -0.2) is 0 Å². The van der Waals surface area contributed by atoms with Crippen LogP contribution >= 0.6 is 0 Å². The molecule has 0 spiro atoms. The predicted molar refractivity (Wildman–Crippen MR) is 93.5 cm³/mol. The standard InChI is InChI=1S/C19H28N2O3/c20-17-10-6-1-2-7-11-21(14-17)18(22)13-16(19(23)24)12-15-8-4-3-5-9-15/h3-5,8-9,16-17H,1-2,6-7,10-14,20H2,(H,23,24)/t16-,17-/m0/s1. The fourth-order valence-corrected chi connectivity index (χ4v) is 3.24. The van der Waals surface area contributed by atoms with Crippen molar-refractivity contribution in [1.29, 1.82) is 0 Å². The van der Waals surface area contributed by atoms with Gasteiger partial charge in [0.2, 0.25) is 5.91 Å². The van der Waals surface area contributed by atoms with Crippen molar-refractivity contribution in [2.24, 2.45) is 11.7 Å². The van der Waals surface area contributed by atoms with Gasteiger partial charge in [-0.1, -0.05) is 49.6 Å². The van der Waals surface area contributed by atoms with Crippen LogP contribution in [-0.2, 0) is 16.0 Å². The van der Waals surface area contributed by atoms with E-state index in [0.29, 0.717) is 19.5 Å². The van der Waals surface area contributed by atoms with Crippen molar-refractivity contribution in [1.82, 2.24) is 4.90 Å². The number of carboxylic acid groups (broad SMARTS) is 1. The van der Waals surface area contributed by atoms with Crippen LogP contribution in [0.5, 0.6) is 0 Å². The molecule has 2 rings (SSSR count). The maximum Gasteiger partial charge on any atom is 0.307 e. The normalized spacial score (nSPS) is 20.5. The molecule has 5 nitrogen and oxygen atoms in total. The molecule has 24 heavy (non-hydrogen) atoms. The molecule has 1 aliphatic heterocycles. The first-order valence-electron chi connectivity index (χ1n) is 8.86. The summed E-state index contributed by atoms with van der Waals surface area (Å²) in [4.78, 5) is 26.0. The number of aliphatic carboxylic acids is 1. The van der Waals surface area contributed by atoms with E-state index in [4.69, 9.17) is 5.73 Å². The second kappa shape index (κ2) is 9.42. The molecule has 0 bridgehead atoms. The van der Waals surface area contributed by atoms with E-state index in [1.807, 2.05) is 30.3 Å². The minimum absolute atomic E-state index is 0.00977. The Balaban J connectivity index is 1.98. The summed E-state index contributed by atoms with van der Waals surface area (Å²) in [5.74, 6) is -1.69. The van der Waals surface area contributed by atoms with Gasteiger partial charge in [-0.05, 0) is 24.8 Å². The van der Waals surface area contributed by atoms with E-state index in [-0.39, 0.29) is 18.4 Å². The Hall–Kier alpha value is -1.88. The average molecular weight is 332 g/mol. The van der Waals surface area contributed by atoms with Crippen LogP contribution in [0.15, 0.2) is 30.3 Å². The van der Waals surface area contributed by atoms with Gasteiger partial charge in [0.15, 0.2) is 0 Å². The molecule has 0 radical (unpaired) electrons. The molecule has 0 aliphatic carbocycles. The van der Waals surface area contributed by atoms with Crippen molar-refractivity contribution >= 4 is 11.9 Å². The summed E-state index contributed by atoms with van der Waals surface area (Å²) in [6.45, 7) is 1.22. The SMILES string of the molecule is N[C@H]1CCCCCCN(C(=O)C[C@H](Cc2ccccc2)C(=O)O)C1. The van der Waals surface area contributed by atoms with E-state index in [9.17, 15) is 14.7 Å². The molecule has 1 aliphatic rings. The van der Waals surface area contributed by atoms with E-state index in [1.165, 1.54) is 0 Å². The Morgan fingerprint density at radius 2 is 1.88 bits per heavy atom. The monoisotopic (exact) mass is 332 g/mol. The third-order valence-electron chi connectivity index (χ3n) is 4.66. The molecular weight excluding hydrogens is 304 g/mol. The summed E-state index contributed by atoms with van der Waals surface area (Å²) < 4.78 is 0. The first-order chi connectivity index (χ1) is 11.6. The van der Waals surface area contributed by atoms with E-state index in [2.05, 4.69) is 0 Å². The number of carbonyl (C=O) groups excluding carboxylic acids is 1. The van der Waals surface area contributed by atoms with Crippen LogP contribution in [0.3, 0.4) is 0 Å². The summed E-state index contributed by atoms with van der Waals surface area (Å²) >= 11 is 0. The van der Waals surface area contributed by atoms with Crippen molar-refractivity contribution in [3.8, 4) is 0 Å². The second-order valence-corrected chi connectivity index (χ2v) is 6.73. The summed E-state index contributed by atoms with van der Waals surface area (Å²) in [5, 5.41) is 9.48. The molecule has 1 heterocycles. The van der Waals surface area contributed by atoms with Crippen molar-refractivity contribution in [3.63, 3.8) is 0 Å². The minimum atomic E-state index is -0.916. The largest absolute Gasteiger partial charge is 0.481 e. The molecule has 0 saturated carbocycles. The lowest BCUT2D eigenvalue weighted by Crippen LogP contribution is -2.42. The molecule has 1 amide bonds. The molecular formula is C19H28N2O3. The number of rotatable bonds is 5. The van der Waals surface area contributed by atoms with Gasteiger partial charge in [-0.3, -0.25) is 9.59 Å². The van der Waals surface area contributed by atoms with E-state index >= 15 is 0 Å². The molecule has 0 unspecified atom stereocenters. The molecule has 3 N–H and O–H groups in total. The molecule has 2 atom stereocenters. The zero-order valence-corrected chi connectivity index (χ0v) is 14.2. The topological polar surface area (TPSA) is 83.6 Å². The van der Waals surface area contributed by atoms with Crippen molar-refractivity contribution < 1.29 is 14.7 Å². The van der Waals surface area contributed by atoms with E-state index in [0.717, 1.165) is 37.7 Å². The minimum Gasteiger partial charge on any atom is -0.481 e. The van der Waals surface area contributed by atoms with Crippen LogP contribution in [-0.4, -0.2) is 41.0 Å². The van der Waals surface area contributed by atoms with Crippen LogP contribution in [0.1, 0.15) is 44.1 Å². The highest BCUT2D eigenvalue weighted by Crippen LogP contribution is 2.17. The number of carboxylic acids is 1. The zero-order chi connectivity index (χ0) is 17.4. The molecule has 1 fully saturated rings. The van der Waals surface area contributed by atoms with Crippen molar-refractivity contribution in [3.05, 3.63) is 35.9 Å². The molecule has 132 valence electrons. The van der Waals surface area contributed by atoms with Gasteiger partial charge in [0, 0.05) is 25.6 Å². The average Bonchev–Trinajstić information content (AvgIpc) is 2.67. The fraction of sp³-hybridized carbons (Fsp3) is 0.579. The van der Waals surface area contributed by atoms with Crippen LogP contribution in [0.2, 0.25) is 0 Å². The quantitative estimate of drug-likeness (QED) is 0.867. The van der Waals surface area contributed by atoms with Gasteiger partial charge < -0.3 is 15.7 Å². The fourth-order valence-electron chi connectivity index (χ4n) is 3.24. The third kappa shape index (κ3) is 5.96. The maximum absolute atomic E-state index is 12.6. The first-order valence-corrected chi connectivity index (χ1v) is 8.86. The number of nitrogens with two attached hydrogens (primary N) is 1. The number of amides is 1. The Morgan fingerprint density at radius 1 is 1.17 bits per heavy atom. The highest BCUT2D eigenvalue weighted by atomic mass is 16.4. The van der Waals surface area contributed by atoms with Crippen molar-refractivity contribution in [2.45, 2.75) is 51.0 Å². The van der Waals surface area contributed by atoms with Crippen LogP contribution in [0.25, 0.3) is 0 Å². The van der Waals surface area contributed by atoms with Gasteiger partial charge in [0.25, 0.3) is 0 Å². The molecule has 5 heteroatoms. The Bertz CT molecular complexity index is 533. The van der Waals surface area contributed by atoms with Gasteiger partial charge in [-0.15, -0.1) is 0 Å².